The van der Waals surface area contributed by atoms with Gasteiger partial charge in [-0.05, 0) is 43.2 Å². The highest BCUT2D eigenvalue weighted by Gasteiger charge is 2.22. The van der Waals surface area contributed by atoms with Crippen LogP contribution in [0.25, 0.3) is 11.3 Å². The Morgan fingerprint density at radius 1 is 1.00 bits per heavy atom. The molecule has 4 aromatic rings. The number of hydrogen-bond donors (Lipinski definition) is 3. The van der Waals surface area contributed by atoms with Crippen LogP contribution in [0.15, 0.2) is 83.6 Å². The van der Waals surface area contributed by atoms with E-state index in [1.54, 1.807) is 80.6 Å². The number of carbonyl (C=O) groups excluding carboxylic acids is 2. The van der Waals surface area contributed by atoms with Crippen LogP contribution in [-0.4, -0.2) is 28.2 Å². The van der Waals surface area contributed by atoms with Crippen LogP contribution >= 0.6 is 11.6 Å². The van der Waals surface area contributed by atoms with Crippen molar-refractivity contribution in [1.29, 1.82) is 0 Å². The van der Waals surface area contributed by atoms with Crippen molar-refractivity contribution in [1.82, 2.24) is 10.5 Å². The molecule has 0 bridgehead atoms. The van der Waals surface area contributed by atoms with Crippen molar-refractivity contribution in [2.75, 3.05) is 5.32 Å². The average Bonchev–Trinajstić information content (AvgIpc) is 3.42. The lowest BCUT2D eigenvalue weighted by Gasteiger charge is -2.16. The van der Waals surface area contributed by atoms with E-state index in [0.717, 1.165) is 0 Å². The summed E-state index contributed by atoms with van der Waals surface area (Å²) in [5.74, 6) is -2.05. The van der Waals surface area contributed by atoms with Crippen LogP contribution < -0.4 is 10.6 Å². The third-order valence-electron chi connectivity index (χ3n) is 6.40. The number of rotatable bonds is 10. The topological polar surface area (TPSA) is 131 Å². The first-order valence-corrected chi connectivity index (χ1v) is 13.0. The summed E-state index contributed by atoms with van der Waals surface area (Å²) in [5, 5.41) is 19.6. The van der Waals surface area contributed by atoms with Crippen LogP contribution in [0.2, 0.25) is 5.02 Å². The smallest absolute Gasteiger partial charge is 0.408 e. The number of halogens is 1. The van der Waals surface area contributed by atoms with Crippen LogP contribution in [0, 0.1) is 0 Å². The number of ether oxygens (including phenoxy) is 1. The Bertz CT molecular complexity index is 1500. The molecule has 0 aliphatic carbocycles. The van der Waals surface area contributed by atoms with Crippen molar-refractivity contribution in [2.45, 2.75) is 38.8 Å². The summed E-state index contributed by atoms with van der Waals surface area (Å²) in [6, 6.07) is 20.7. The van der Waals surface area contributed by atoms with Gasteiger partial charge in [0.25, 0.3) is 5.91 Å². The first-order chi connectivity index (χ1) is 19.3. The number of nitrogens with one attached hydrogen (secondary N) is 2. The van der Waals surface area contributed by atoms with E-state index in [-0.39, 0.29) is 12.5 Å². The van der Waals surface area contributed by atoms with Gasteiger partial charge >= 0.3 is 12.1 Å². The number of hydrogen-bond acceptors (Lipinski definition) is 6. The Kier molecular flexibility index (Phi) is 9.19. The van der Waals surface area contributed by atoms with Gasteiger partial charge in [0, 0.05) is 33.0 Å². The Hall–Kier alpha value is -4.63. The van der Waals surface area contributed by atoms with Gasteiger partial charge < -0.3 is 25.0 Å². The van der Waals surface area contributed by atoms with Crippen LogP contribution in [0.4, 0.5) is 10.5 Å². The zero-order chi connectivity index (χ0) is 28.6. The van der Waals surface area contributed by atoms with E-state index in [9.17, 15) is 19.5 Å². The molecule has 9 nitrogen and oxygen atoms in total. The third-order valence-corrected chi connectivity index (χ3v) is 6.75. The number of benzene rings is 3. The van der Waals surface area contributed by atoms with Gasteiger partial charge in [0.2, 0.25) is 0 Å². The summed E-state index contributed by atoms with van der Waals surface area (Å²) in [7, 11) is 0. The molecule has 10 heteroatoms. The number of amides is 2. The molecule has 3 N–H and O–H groups in total. The van der Waals surface area contributed by atoms with Gasteiger partial charge in [0.15, 0.2) is 0 Å². The predicted octanol–water partition coefficient (Wildman–Crippen LogP) is 6.81. The summed E-state index contributed by atoms with van der Waals surface area (Å²) in [6.45, 7) is 3.62. The Morgan fingerprint density at radius 3 is 2.35 bits per heavy atom. The highest BCUT2D eigenvalue weighted by molar-refractivity contribution is 6.31. The maximum Gasteiger partial charge on any atom is 0.408 e. The first kappa shape index (κ1) is 28.4. The zero-order valence-electron chi connectivity index (χ0n) is 21.9. The minimum atomic E-state index is -0.949. The standard InChI is InChI=1S/C30H28ClN3O6/c1-3-22(29(36)37)24-9-5-7-11-26(24)33-28(35)20-14-12-19(13-15-20)27-21(17-39-34-27)16-32-30(38)40-18(2)23-8-4-6-10-25(23)31/h4-15,17-18,22H,3,16H2,1-2H3,(H,32,38)(H,33,35)(H,36,37). The predicted molar refractivity (Wildman–Crippen MR) is 150 cm³/mol. The summed E-state index contributed by atoms with van der Waals surface area (Å²) < 4.78 is 10.6. The summed E-state index contributed by atoms with van der Waals surface area (Å²) in [6.07, 6.45) is 0.652. The molecule has 0 spiro atoms. The van der Waals surface area contributed by atoms with Gasteiger partial charge in [-0.15, -0.1) is 0 Å². The number of anilines is 1. The molecule has 0 radical (unpaired) electrons. The fourth-order valence-electron chi connectivity index (χ4n) is 4.27. The van der Waals surface area contributed by atoms with E-state index in [4.69, 9.17) is 20.9 Å². The third kappa shape index (κ3) is 6.68. The molecule has 0 saturated carbocycles. The molecule has 2 amide bonds. The number of alkyl carbamates (subject to hydrolysis) is 1. The van der Waals surface area contributed by atoms with Gasteiger partial charge in [0.05, 0.1) is 12.5 Å². The molecule has 0 saturated heterocycles. The number of carbonyl (C=O) groups is 3. The maximum absolute atomic E-state index is 12.9. The van der Waals surface area contributed by atoms with Crippen LogP contribution in [0.3, 0.4) is 0 Å². The molecule has 1 aromatic heterocycles. The van der Waals surface area contributed by atoms with E-state index in [2.05, 4.69) is 15.8 Å². The van der Waals surface area contributed by atoms with Crippen molar-refractivity contribution in [3.05, 3.63) is 106 Å². The minimum Gasteiger partial charge on any atom is -0.481 e. The molecule has 0 aliphatic rings. The van der Waals surface area contributed by atoms with Crippen LogP contribution in [0.5, 0.6) is 0 Å². The molecule has 2 unspecified atom stereocenters. The van der Waals surface area contributed by atoms with Gasteiger partial charge in [-0.3, -0.25) is 9.59 Å². The number of carboxylic acid groups (broad SMARTS) is 1. The molecule has 206 valence electrons. The maximum atomic E-state index is 12.9. The van der Waals surface area contributed by atoms with Crippen LogP contribution in [0.1, 0.15) is 59.3 Å². The normalized spacial score (nSPS) is 12.3. The largest absolute Gasteiger partial charge is 0.481 e. The molecule has 3 aromatic carbocycles. The number of carboxylic acids is 1. The number of nitrogens with zero attached hydrogens (tertiary/aromatic N) is 1. The first-order valence-electron chi connectivity index (χ1n) is 12.6. The Labute approximate surface area is 236 Å². The van der Waals surface area contributed by atoms with E-state index < -0.39 is 24.1 Å². The molecule has 0 fully saturated rings. The second-order valence-electron chi connectivity index (χ2n) is 9.03. The molecular weight excluding hydrogens is 534 g/mol. The van der Waals surface area contributed by atoms with E-state index in [0.29, 0.717) is 50.6 Å². The second-order valence-corrected chi connectivity index (χ2v) is 9.44. The number of aromatic nitrogens is 1. The lowest BCUT2D eigenvalue weighted by Crippen LogP contribution is -2.25. The van der Waals surface area contributed by atoms with Gasteiger partial charge in [-0.25, -0.2) is 4.79 Å². The molecule has 40 heavy (non-hydrogen) atoms. The van der Waals surface area contributed by atoms with Crippen molar-refractivity contribution in [3.63, 3.8) is 0 Å². The highest BCUT2D eigenvalue weighted by Crippen LogP contribution is 2.29. The molecule has 1 heterocycles. The van der Waals surface area contributed by atoms with Crippen LogP contribution in [-0.2, 0) is 16.1 Å². The Morgan fingerprint density at radius 2 is 1.68 bits per heavy atom. The fraction of sp³-hybridized carbons (Fsp3) is 0.200. The van der Waals surface area contributed by atoms with Crippen molar-refractivity contribution in [2.24, 2.45) is 0 Å². The summed E-state index contributed by atoms with van der Waals surface area (Å²) >= 11 is 6.18. The monoisotopic (exact) mass is 561 g/mol. The van der Waals surface area contributed by atoms with Gasteiger partial charge in [-0.2, -0.15) is 0 Å². The van der Waals surface area contributed by atoms with Gasteiger partial charge in [0.1, 0.15) is 18.1 Å². The van der Waals surface area contributed by atoms with Crippen molar-refractivity contribution in [3.8, 4) is 11.3 Å². The Balaban J connectivity index is 1.40. The average molecular weight is 562 g/mol. The van der Waals surface area contributed by atoms with Gasteiger partial charge in [-0.1, -0.05) is 72.2 Å². The minimum absolute atomic E-state index is 0.105. The molecule has 4 rings (SSSR count). The molecular formula is C30H28ClN3O6. The lowest BCUT2D eigenvalue weighted by atomic mass is 9.95. The van der Waals surface area contributed by atoms with Crippen molar-refractivity contribution < 1.29 is 28.8 Å². The number of aliphatic carboxylic acids is 1. The SMILES string of the molecule is CCC(C(=O)O)c1ccccc1NC(=O)c1ccc(-c2nocc2CNC(=O)OC(C)c2ccccc2Cl)cc1. The fourth-order valence-corrected chi connectivity index (χ4v) is 4.56. The summed E-state index contributed by atoms with van der Waals surface area (Å²) in [4.78, 5) is 37.0. The zero-order valence-corrected chi connectivity index (χ0v) is 22.6. The van der Waals surface area contributed by atoms with E-state index in [1.165, 1.54) is 6.26 Å². The highest BCUT2D eigenvalue weighted by atomic mass is 35.5. The molecule has 2 atom stereocenters. The second kappa shape index (κ2) is 12.9. The van der Waals surface area contributed by atoms with E-state index >= 15 is 0 Å². The lowest BCUT2D eigenvalue weighted by molar-refractivity contribution is -0.138. The summed E-state index contributed by atoms with van der Waals surface area (Å²) in [5.41, 5.74) is 3.87. The van der Waals surface area contributed by atoms with E-state index in [1.807, 2.05) is 6.07 Å². The van der Waals surface area contributed by atoms with Crippen molar-refractivity contribution >= 4 is 35.3 Å². The quantitative estimate of drug-likeness (QED) is 0.194. The number of para-hydroxylation sites is 1. The molecule has 0 aliphatic heterocycles.